The van der Waals surface area contributed by atoms with Gasteiger partial charge in [0.15, 0.2) is 0 Å². The molecule has 1 aromatic rings. The van der Waals surface area contributed by atoms with Gasteiger partial charge in [-0.3, -0.25) is 4.79 Å². The summed E-state index contributed by atoms with van der Waals surface area (Å²) in [7, 11) is 1.72. The normalized spacial score (nSPS) is 16.9. The van der Waals surface area contributed by atoms with Gasteiger partial charge in [0, 0.05) is 32.5 Å². The molecule has 0 aromatic heterocycles. The second kappa shape index (κ2) is 6.01. The van der Waals surface area contributed by atoms with E-state index in [9.17, 15) is 4.79 Å². The van der Waals surface area contributed by atoms with Gasteiger partial charge in [-0.15, -0.1) is 0 Å². The van der Waals surface area contributed by atoms with Gasteiger partial charge in [-0.25, -0.2) is 0 Å². The van der Waals surface area contributed by atoms with Crippen molar-refractivity contribution in [3.8, 4) is 5.75 Å². The van der Waals surface area contributed by atoms with Gasteiger partial charge in [0.1, 0.15) is 11.5 Å². The van der Waals surface area contributed by atoms with Gasteiger partial charge >= 0.3 is 0 Å². The molecule has 0 amide bonds. The number of Topliss-reactive ketones (excluding diaryl/α,β-unsaturated/α-hetero) is 1. The lowest BCUT2D eigenvalue weighted by Gasteiger charge is -2.25. The van der Waals surface area contributed by atoms with Crippen molar-refractivity contribution in [2.24, 2.45) is 0 Å². The lowest BCUT2D eigenvalue weighted by atomic mass is 10.1. The van der Waals surface area contributed by atoms with Crippen molar-refractivity contribution < 1.29 is 9.53 Å². The average Bonchev–Trinajstić information content (AvgIpc) is 2.38. The third kappa shape index (κ3) is 3.33. The van der Waals surface area contributed by atoms with Gasteiger partial charge in [-0.1, -0.05) is 17.7 Å². The third-order valence-corrected chi connectivity index (χ3v) is 3.55. The Morgan fingerprint density at radius 1 is 1.28 bits per heavy atom. The second-order valence-electron chi connectivity index (χ2n) is 4.95. The number of piperidine rings is 1. The van der Waals surface area contributed by atoms with Crippen LogP contribution in [0.15, 0.2) is 18.2 Å². The van der Waals surface area contributed by atoms with E-state index in [1.807, 2.05) is 6.07 Å². The Morgan fingerprint density at radius 2 is 2.00 bits per heavy atom. The predicted octanol–water partition coefficient (Wildman–Crippen LogP) is 2.21. The van der Waals surface area contributed by atoms with Crippen molar-refractivity contribution in [2.45, 2.75) is 26.2 Å². The molecule has 18 heavy (non-hydrogen) atoms. The molecule has 0 aliphatic carbocycles. The summed E-state index contributed by atoms with van der Waals surface area (Å²) in [6.45, 7) is 4.93. The van der Waals surface area contributed by atoms with Crippen LogP contribution in [0.2, 0.25) is 0 Å². The second-order valence-corrected chi connectivity index (χ2v) is 4.95. The third-order valence-electron chi connectivity index (χ3n) is 3.55. The Labute approximate surface area is 109 Å². The Balaban J connectivity index is 1.93. The zero-order valence-corrected chi connectivity index (χ0v) is 11.2. The molecule has 0 spiro atoms. The smallest absolute Gasteiger partial charge is 0.135 e. The molecule has 1 aliphatic heterocycles. The summed E-state index contributed by atoms with van der Waals surface area (Å²) in [4.78, 5) is 13.5. The SMILES string of the molecule is COc1ccc(C)cc1CCN1CCC(=O)CC1. The summed E-state index contributed by atoms with van der Waals surface area (Å²) in [5.74, 6) is 1.37. The molecule has 0 N–H and O–H groups in total. The van der Waals surface area contributed by atoms with Gasteiger partial charge in [0.05, 0.1) is 7.11 Å². The number of nitrogens with zero attached hydrogens (tertiary/aromatic N) is 1. The van der Waals surface area contributed by atoms with Crippen LogP contribution >= 0.6 is 0 Å². The molecule has 1 saturated heterocycles. The van der Waals surface area contributed by atoms with Gasteiger partial charge in [-0.05, 0) is 25.0 Å². The van der Waals surface area contributed by atoms with E-state index >= 15 is 0 Å². The van der Waals surface area contributed by atoms with Crippen LogP contribution in [0.1, 0.15) is 24.0 Å². The van der Waals surface area contributed by atoms with E-state index in [1.54, 1.807) is 7.11 Å². The zero-order valence-electron chi connectivity index (χ0n) is 11.2. The molecule has 1 heterocycles. The fourth-order valence-electron chi connectivity index (χ4n) is 2.41. The van der Waals surface area contributed by atoms with E-state index in [0.717, 1.165) is 31.8 Å². The van der Waals surface area contributed by atoms with Crippen LogP contribution < -0.4 is 4.74 Å². The first-order chi connectivity index (χ1) is 8.69. The van der Waals surface area contributed by atoms with Crippen molar-refractivity contribution in [1.82, 2.24) is 4.90 Å². The first-order valence-corrected chi connectivity index (χ1v) is 6.56. The molecule has 2 rings (SSSR count). The highest BCUT2D eigenvalue weighted by atomic mass is 16.5. The van der Waals surface area contributed by atoms with Crippen LogP contribution in [0, 0.1) is 6.92 Å². The lowest BCUT2D eigenvalue weighted by Crippen LogP contribution is -2.35. The Bertz CT molecular complexity index is 419. The molecule has 1 aromatic carbocycles. The molecule has 0 bridgehead atoms. The van der Waals surface area contributed by atoms with E-state index in [1.165, 1.54) is 11.1 Å². The summed E-state index contributed by atoms with van der Waals surface area (Å²) in [5, 5.41) is 0. The number of hydrogen-bond acceptors (Lipinski definition) is 3. The van der Waals surface area contributed by atoms with Crippen LogP contribution in [0.5, 0.6) is 5.75 Å². The molecular weight excluding hydrogens is 226 g/mol. The fourth-order valence-corrected chi connectivity index (χ4v) is 2.41. The number of benzene rings is 1. The van der Waals surface area contributed by atoms with Crippen molar-refractivity contribution in [2.75, 3.05) is 26.7 Å². The summed E-state index contributed by atoms with van der Waals surface area (Å²) in [6, 6.07) is 6.29. The summed E-state index contributed by atoms with van der Waals surface area (Å²) < 4.78 is 5.38. The fraction of sp³-hybridized carbons (Fsp3) is 0.533. The Kier molecular flexibility index (Phi) is 4.37. The molecule has 0 saturated carbocycles. The van der Waals surface area contributed by atoms with Crippen LogP contribution in [-0.2, 0) is 11.2 Å². The monoisotopic (exact) mass is 247 g/mol. The molecule has 1 aliphatic rings. The number of methoxy groups -OCH3 is 1. The topological polar surface area (TPSA) is 29.5 Å². The standard InChI is InChI=1S/C15H21NO2/c1-12-3-4-15(18-2)13(11-12)5-8-16-9-6-14(17)7-10-16/h3-4,11H,5-10H2,1-2H3. The summed E-state index contributed by atoms with van der Waals surface area (Å²) >= 11 is 0. The Morgan fingerprint density at radius 3 is 2.67 bits per heavy atom. The van der Waals surface area contributed by atoms with Crippen molar-refractivity contribution >= 4 is 5.78 Å². The highest BCUT2D eigenvalue weighted by Gasteiger charge is 2.16. The maximum Gasteiger partial charge on any atom is 0.135 e. The van der Waals surface area contributed by atoms with Crippen molar-refractivity contribution in [3.05, 3.63) is 29.3 Å². The zero-order chi connectivity index (χ0) is 13.0. The highest BCUT2D eigenvalue weighted by Crippen LogP contribution is 2.20. The number of aryl methyl sites for hydroxylation is 1. The van der Waals surface area contributed by atoms with E-state index in [2.05, 4.69) is 24.0 Å². The summed E-state index contributed by atoms with van der Waals surface area (Å²) in [5.41, 5.74) is 2.52. The van der Waals surface area contributed by atoms with E-state index in [0.29, 0.717) is 18.6 Å². The van der Waals surface area contributed by atoms with Crippen molar-refractivity contribution in [1.29, 1.82) is 0 Å². The minimum atomic E-state index is 0.402. The quantitative estimate of drug-likeness (QED) is 0.817. The summed E-state index contributed by atoms with van der Waals surface area (Å²) in [6.07, 6.45) is 2.41. The molecule has 0 radical (unpaired) electrons. The lowest BCUT2D eigenvalue weighted by molar-refractivity contribution is -0.121. The first kappa shape index (κ1) is 13.1. The van der Waals surface area contributed by atoms with Crippen LogP contribution in [0.3, 0.4) is 0 Å². The molecule has 0 atom stereocenters. The average molecular weight is 247 g/mol. The molecule has 3 heteroatoms. The minimum Gasteiger partial charge on any atom is -0.496 e. The highest BCUT2D eigenvalue weighted by molar-refractivity contribution is 5.79. The van der Waals surface area contributed by atoms with Crippen LogP contribution in [-0.4, -0.2) is 37.4 Å². The molecule has 0 unspecified atom stereocenters. The number of likely N-dealkylation sites (tertiary alicyclic amines) is 1. The Hall–Kier alpha value is -1.35. The predicted molar refractivity (Wildman–Crippen MR) is 72.1 cm³/mol. The molecule has 98 valence electrons. The molecule has 3 nitrogen and oxygen atoms in total. The van der Waals surface area contributed by atoms with E-state index in [-0.39, 0.29) is 0 Å². The van der Waals surface area contributed by atoms with Gasteiger partial charge in [-0.2, -0.15) is 0 Å². The number of ketones is 1. The first-order valence-electron chi connectivity index (χ1n) is 6.56. The number of hydrogen-bond donors (Lipinski definition) is 0. The van der Waals surface area contributed by atoms with Crippen LogP contribution in [0.4, 0.5) is 0 Å². The van der Waals surface area contributed by atoms with Gasteiger partial charge in [0.25, 0.3) is 0 Å². The van der Waals surface area contributed by atoms with Crippen molar-refractivity contribution in [3.63, 3.8) is 0 Å². The molecule has 1 fully saturated rings. The largest absolute Gasteiger partial charge is 0.496 e. The molecular formula is C15H21NO2. The van der Waals surface area contributed by atoms with Gasteiger partial charge < -0.3 is 9.64 Å². The van der Waals surface area contributed by atoms with Crippen LogP contribution in [0.25, 0.3) is 0 Å². The number of rotatable bonds is 4. The maximum absolute atomic E-state index is 11.2. The van der Waals surface area contributed by atoms with E-state index < -0.39 is 0 Å². The van der Waals surface area contributed by atoms with Gasteiger partial charge in [0.2, 0.25) is 0 Å². The number of ether oxygens (including phenoxy) is 1. The maximum atomic E-state index is 11.2. The number of carbonyl (C=O) groups is 1. The minimum absolute atomic E-state index is 0.402. The number of carbonyl (C=O) groups excluding carboxylic acids is 1. The van der Waals surface area contributed by atoms with E-state index in [4.69, 9.17) is 4.74 Å².